The minimum Gasteiger partial charge on any atom is -0.490 e. The lowest BCUT2D eigenvalue weighted by Gasteiger charge is -2.32. The van der Waals surface area contributed by atoms with Gasteiger partial charge in [-0.25, -0.2) is 4.39 Å². The summed E-state index contributed by atoms with van der Waals surface area (Å²) in [5.41, 5.74) is 5.42. The van der Waals surface area contributed by atoms with Gasteiger partial charge in [-0.05, 0) is 56.2 Å². The van der Waals surface area contributed by atoms with Crippen molar-refractivity contribution < 1.29 is 9.13 Å². The van der Waals surface area contributed by atoms with Gasteiger partial charge < -0.3 is 10.5 Å². The van der Waals surface area contributed by atoms with Crippen LogP contribution < -0.4 is 10.5 Å². The fraction of sp³-hybridized carbons (Fsp3) is 0.600. The Morgan fingerprint density at radius 1 is 1.06 bits per heavy atom. The molecular weight excluding hydrogens is 229 g/mol. The van der Waals surface area contributed by atoms with E-state index in [4.69, 9.17) is 10.5 Å². The second kappa shape index (κ2) is 4.54. The number of ether oxygens (including phenoxy) is 1. The standard InChI is InChI=1S/C15H20FNO/c16-15(9-7-12(17)8-10-15)11-1-3-13(4-2-11)18-14-5-6-14/h1-4,12,14H,5-10,17H2. The Kier molecular flexibility index (Phi) is 3.02. The molecule has 0 unspecified atom stereocenters. The van der Waals surface area contributed by atoms with Gasteiger partial charge in [-0.15, -0.1) is 0 Å². The highest BCUT2D eigenvalue weighted by molar-refractivity contribution is 5.31. The van der Waals surface area contributed by atoms with Crippen LogP contribution in [0.25, 0.3) is 0 Å². The Morgan fingerprint density at radius 2 is 1.67 bits per heavy atom. The fourth-order valence-corrected chi connectivity index (χ4v) is 2.60. The molecule has 2 saturated carbocycles. The summed E-state index contributed by atoms with van der Waals surface area (Å²) in [5.74, 6) is 0.859. The number of halogens is 1. The molecule has 2 aliphatic rings. The predicted molar refractivity (Wildman–Crippen MR) is 69.3 cm³/mol. The van der Waals surface area contributed by atoms with Gasteiger partial charge in [0.25, 0.3) is 0 Å². The quantitative estimate of drug-likeness (QED) is 0.892. The van der Waals surface area contributed by atoms with Crippen molar-refractivity contribution in [2.75, 3.05) is 0 Å². The molecule has 2 N–H and O–H groups in total. The van der Waals surface area contributed by atoms with Crippen LogP contribution >= 0.6 is 0 Å². The molecule has 0 aliphatic heterocycles. The molecule has 1 aromatic carbocycles. The van der Waals surface area contributed by atoms with Crippen LogP contribution in [0.2, 0.25) is 0 Å². The molecule has 98 valence electrons. The predicted octanol–water partition coefficient (Wildman–Crippen LogP) is 3.29. The zero-order valence-electron chi connectivity index (χ0n) is 10.6. The number of benzene rings is 1. The maximum Gasteiger partial charge on any atom is 0.136 e. The summed E-state index contributed by atoms with van der Waals surface area (Å²) in [5, 5.41) is 0. The molecule has 0 radical (unpaired) electrons. The molecule has 1 aromatic rings. The van der Waals surface area contributed by atoms with Gasteiger partial charge in [-0.3, -0.25) is 0 Å². The van der Waals surface area contributed by atoms with Crippen molar-refractivity contribution >= 4 is 0 Å². The van der Waals surface area contributed by atoms with Crippen LogP contribution in [0.4, 0.5) is 4.39 Å². The van der Waals surface area contributed by atoms with Crippen LogP contribution in [0.1, 0.15) is 44.1 Å². The van der Waals surface area contributed by atoms with Crippen molar-refractivity contribution in [2.24, 2.45) is 5.73 Å². The molecule has 0 atom stereocenters. The van der Waals surface area contributed by atoms with E-state index >= 15 is 0 Å². The number of hydrogen-bond acceptors (Lipinski definition) is 2. The van der Waals surface area contributed by atoms with Crippen LogP contribution in [0, 0.1) is 0 Å². The topological polar surface area (TPSA) is 35.2 Å². The van der Waals surface area contributed by atoms with E-state index in [0.29, 0.717) is 18.9 Å². The Balaban J connectivity index is 1.70. The smallest absolute Gasteiger partial charge is 0.136 e. The first kappa shape index (κ1) is 12.0. The summed E-state index contributed by atoms with van der Waals surface area (Å²) in [4.78, 5) is 0. The zero-order valence-corrected chi connectivity index (χ0v) is 10.6. The van der Waals surface area contributed by atoms with Crippen molar-refractivity contribution in [2.45, 2.75) is 56.3 Å². The molecular formula is C15H20FNO. The lowest BCUT2D eigenvalue weighted by molar-refractivity contribution is 0.0978. The molecule has 3 rings (SSSR count). The molecule has 0 spiro atoms. The molecule has 0 aromatic heterocycles. The number of rotatable bonds is 3. The normalized spacial score (nSPS) is 32.2. The average Bonchev–Trinajstić information content (AvgIpc) is 3.18. The molecule has 0 bridgehead atoms. The summed E-state index contributed by atoms with van der Waals surface area (Å²) in [6, 6.07) is 7.70. The van der Waals surface area contributed by atoms with Crippen LogP contribution in [0.5, 0.6) is 5.75 Å². The Morgan fingerprint density at radius 3 is 2.22 bits per heavy atom. The molecule has 3 heteroatoms. The summed E-state index contributed by atoms with van der Waals surface area (Å²) >= 11 is 0. The minimum absolute atomic E-state index is 0.173. The van der Waals surface area contributed by atoms with E-state index in [9.17, 15) is 4.39 Å². The van der Waals surface area contributed by atoms with Crippen LogP contribution in [0.3, 0.4) is 0 Å². The van der Waals surface area contributed by atoms with Gasteiger partial charge >= 0.3 is 0 Å². The van der Waals surface area contributed by atoms with Crippen LogP contribution in [-0.2, 0) is 5.67 Å². The summed E-state index contributed by atoms with van der Waals surface area (Å²) in [7, 11) is 0. The van der Waals surface area contributed by atoms with Gasteiger partial charge in [0.1, 0.15) is 11.4 Å². The zero-order chi connectivity index (χ0) is 12.6. The van der Waals surface area contributed by atoms with Gasteiger partial charge in [0, 0.05) is 6.04 Å². The van der Waals surface area contributed by atoms with Crippen molar-refractivity contribution in [3.05, 3.63) is 29.8 Å². The van der Waals surface area contributed by atoms with E-state index in [1.165, 1.54) is 0 Å². The lowest BCUT2D eigenvalue weighted by Crippen LogP contribution is -2.33. The maximum absolute atomic E-state index is 14.8. The Labute approximate surface area is 107 Å². The van der Waals surface area contributed by atoms with Crippen molar-refractivity contribution in [1.82, 2.24) is 0 Å². The third-order valence-corrected chi connectivity index (χ3v) is 4.02. The molecule has 0 amide bonds. The molecule has 0 heterocycles. The molecule has 18 heavy (non-hydrogen) atoms. The summed E-state index contributed by atoms with van der Waals surface area (Å²) in [6.45, 7) is 0. The largest absolute Gasteiger partial charge is 0.490 e. The van der Waals surface area contributed by atoms with E-state index < -0.39 is 5.67 Å². The first-order valence-corrected chi connectivity index (χ1v) is 6.87. The van der Waals surface area contributed by atoms with Crippen LogP contribution in [-0.4, -0.2) is 12.1 Å². The third-order valence-electron chi connectivity index (χ3n) is 4.02. The van der Waals surface area contributed by atoms with E-state index in [1.54, 1.807) is 0 Å². The van der Waals surface area contributed by atoms with Gasteiger partial charge in [0.2, 0.25) is 0 Å². The SMILES string of the molecule is NC1CCC(F)(c2ccc(OC3CC3)cc2)CC1. The molecule has 2 nitrogen and oxygen atoms in total. The number of alkyl halides is 1. The maximum atomic E-state index is 14.8. The Hall–Kier alpha value is -1.09. The van der Waals surface area contributed by atoms with Gasteiger partial charge in [0.05, 0.1) is 6.10 Å². The fourth-order valence-electron chi connectivity index (χ4n) is 2.60. The second-order valence-corrected chi connectivity index (χ2v) is 5.64. The summed E-state index contributed by atoms with van der Waals surface area (Å²) in [6.07, 6.45) is 5.31. The summed E-state index contributed by atoms with van der Waals surface area (Å²) < 4.78 is 20.5. The van der Waals surface area contributed by atoms with Gasteiger partial charge in [-0.1, -0.05) is 12.1 Å². The minimum atomic E-state index is -1.19. The first-order valence-electron chi connectivity index (χ1n) is 6.87. The monoisotopic (exact) mass is 249 g/mol. The van der Waals surface area contributed by atoms with E-state index in [1.807, 2.05) is 24.3 Å². The lowest BCUT2D eigenvalue weighted by atomic mass is 9.79. The van der Waals surface area contributed by atoms with E-state index in [-0.39, 0.29) is 6.04 Å². The molecule has 2 aliphatic carbocycles. The first-order chi connectivity index (χ1) is 8.66. The average molecular weight is 249 g/mol. The second-order valence-electron chi connectivity index (χ2n) is 5.64. The van der Waals surface area contributed by atoms with Crippen molar-refractivity contribution in [1.29, 1.82) is 0 Å². The third kappa shape index (κ3) is 2.51. The number of nitrogens with two attached hydrogens (primary N) is 1. The number of hydrogen-bond donors (Lipinski definition) is 1. The van der Waals surface area contributed by atoms with Crippen LogP contribution in [0.15, 0.2) is 24.3 Å². The highest BCUT2D eigenvalue weighted by Gasteiger charge is 2.36. The van der Waals surface area contributed by atoms with E-state index in [0.717, 1.165) is 37.0 Å². The van der Waals surface area contributed by atoms with E-state index in [2.05, 4.69) is 0 Å². The molecule has 0 saturated heterocycles. The van der Waals surface area contributed by atoms with Gasteiger partial charge in [-0.2, -0.15) is 0 Å². The van der Waals surface area contributed by atoms with Gasteiger partial charge in [0.15, 0.2) is 0 Å². The van der Waals surface area contributed by atoms with Crippen molar-refractivity contribution in [3.63, 3.8) is 0 Å². The highest BCUT2D eigenvalue weighted by atomic mass is 19.1. The molecule has 2 fully saturated rings. The highest BCUT2D eigenvalue weighted by Crippen LogP contribution is 2.41. The van der Waals surface area contributed by atoms with Crippen molar-refractivity contribution in [3.8, 4) is 5.75 Å². The Bertz CT molecular complexity index is 405.